The van der Waals surface area contributed by atoms with Gasteiger partial charge in [-0.1, -0.05) is 6.92 Å². The van der Waals surface area contributed by atoms with Crippen LogP contribution in [0.25, 0.3) is 0 Å². The summed E-state index contributed by atoms with van der Waals surface area (Å²) in [6.45, 7) is 2.06. The van der Waals surface area contributed by atoms with Crippen molar-refractivity contribution in [3.05, 3.63) is 11.9 Å². The second kappa shape index (κ2) is 5.56. The van der Waals surface area contributed by atoms with Gasteiger partial charge in [0.1, 0.15) is 0 Å². The van der Waals surface area contributed by atoms with Gasteiger partial charge < -0.3 is 10.6 Å². The first-order valence-electron chi connectivity index (χ1n) is 7.72. The van der Waals surface area contributed by atoms with E-state index in [1.54, 1.807) is 4.68 Å². The predicted molar refractivity (Wildman–Crippen MR) is 78.5 cm³/mol. The third kappa shape index (κ3) is 2.87. The first-order chi connectivity index (χ1) is 9.64. The van der Waals surface area contributed by atoms with Crippen LogP contribution in [0.15, 0.2) is 6.20 Å². The van der Waals surface area contributed by atoms with E-state index in [1.807, 2.05) is 13.2 Å². The summed E-state index contributed by atoms with van der Waals surface area (Å²) in [7, 11) is 1.89. The fourth-order valence-corrected chi connectivity index (χ4v) is 3.71. The molecule has 2 unspecified atom stereocenters. The number of nitrogens with one attached hydrogen (secondary N) is 2. The summed E-state index contributed by atoms with van der Waals surface area (Å²) in [6.07, 6.45) is 8.25. The van der Waals surface area contributed by atoms with E-state index in [-0.39, 0.29) is 5.91 Å². The van der Waals surface area contributed by atoms with Crippen LogP contribution in [0, 0.1) is 5.92 Å². The lowest BCUT2D eigenvalue weighted by Crippen LogP contribution is -2.39. The van der Waals surface area contributed by atoms with Crippen molar-refractivity contribution in [3.63, 3.8) is 0 Å². The Morgan fingerprint density at radius 3 is 2.80 bits per heavy atom. The van der Waals surface area contributed by atoms with Crippen molar-refractivity contribution in [2.24, 2.45) is 13.0 Å². The Bertz CT molecular complexity index is 484. The molecule has 110 valence electrons. The highest BCUT2D eigenvalue weighted by atomic mass is 16.1. The van der Waals surface area contributed by atoms with Crippen molar-refractivity contribution < 1.29 is 4.79 Å². The summed E-state index contributed by atoms with van der Waals surface area (Å²) in [5.74, 6) is 0.675. The lowest BCUT2D eigenvalue weighted by Gasteiger charge is -2.28. The predicted octanol–water partition coefficient (Wildman–Crippen LogP) is 1.84. The number of hydrogen-bond acceptors (Lipinski definition) is 3. The number of carbonyl (C=O) groups excluding carboxylic acids is 1. The SMILES string of the molecule is CCc1nn(C)cc1NC(=O)CC1CC2CCC(C1)N2. The van der Waals surface area contributed by atoms with Crippen LogP contribution in [-0.2, 0) is 18.3 Å². The van der Waals surface area contributed by atoms with Crippen molar-refractivity contribution in [2.75, 3.05) is 5.32 Å². The number of fused-ring (bicyclic) bond motifs is 2. The van der Waals surface area contributed by atoms with Gasteiger partial charge in [0.15, 0.2) is 0 Å². The van der Waals surface area contributed by atoms with Crippen molar-refractivity contribution in [1.82, 2.24) is 15.1 Å². The summed E-state index contributed by atoms with van der Waals surface area (Å²) < 4.78 is 1.76. The van der Waals surface area contributed by atoms with Gasteiger partial charge in [0.2, 0.25) is 5.91 Å². The number of aromatic nitrogens is 2. The minimum atomic E-state index is 0.138. The van der Waals surface area contributed by atoms with Crippen molar-refractivity contribution in [2.45, 2.75) is 57.5 Å². The van der Waals surface area contributed by atoms with E-state index in [1.165, 1.54) is 12.8 Å². The first-order valence-corrected chi connectivity index (χ1v) is 7.72. The molecule has 1 aromatic heterocycles. The van der Waals surface area contributed by atoms with Crippen LogP contribution in [0.4, 0.5) is 5.69 Å². The molecule has 2 saturated heterocycles. The van der Waals surface area contributed by atoms with Crippen molar-refractivity contribution >= 4 is 11.6 Å². The lowest BCUT2D eigenvalue weighted by molar-refractivity contribution is -0.117. The van der Waals surface area contributed by atoms with Gasteiger partial charge in [-0.2, -0.15) is 5.10 Å². The van der Waals surface area contributed by atoms with E-state index in [0.717, 1.165) is 30.6 Å². The van der Waals surface area contributed by atoms with Gasteiger partial charge in [-0.15, -0.1) is 0 Å². The third-order valence-corrected chi connectivity index (χ3v) is 4.56. The molecule has 0 spiro atoms. The molecular weight excluding hydrogens is 252 g/mol. The third-order valence-electron chi connectivity index (χ3n) is 4.56. The van der Waals surface area contributed by atoms with Gasteiger partial charge in [-0.3, -0.25) is 9.48 Å². The zero-order valence-corrected chi connectivity index (χ0v) is 12.4. The number of hydrogen-bond donors (Lipinski definition) is 2. The Morgan fingerprint density at radius 2 is 2.15 bits per heavy atom. The monoisotopic (exact) mass is 276 g/mol. The van der Waals surface area contributed by atoms with E-state index < -0.39 is 0 Å². The fourth-order valence-electron chi connectivity index (χ4n) is 3.71. The molecule has 3 heterocycles. The van der Waals surface area contributed by atoms with Gasteiger partial charge in [-0.25, -0.2) is 0 Å². The molecule has 2 N–H and O–H groups in total. The summed E-state index contributed by atoms with van der Waals surface area (Å²) >= 11 is 0. The number of piperidine rings is 1. The Labute approximate surface area is 120 Å². The van der Waals surface area contributed by atoms with Crippen LogP contribution in [0.3, 0.4) is 0 Å². The number of rotatable bonds is 4. The molecule has 2 aliphatic rings. The molecule has 2 aliphatic heterocycles. The Morgan fingerprint density at radius 1 is 1.45 bits per heavy atom. The van der Waals surface area contributed by atoms with Crippen molar-refractivity contribution in [3.8, 4) is 0 Å². The molecule has 0 saturated carbocycles. The highest BCUT2D eigenvalue weighted by molar-refractivity contribution is 5.91. The van der Waals surface area contributed by atoms with E-state index >= 15 is 0 Å². The summed E-state index contributed by atoms with van der Waals surface area (Å²) in [5.41, 5.74) is 1.84. The smallest absolute Gasteiger partial charge is 0.224 e. The minimum absolute atomic E-state index is 0.138. The minimum Gasteiger partial charge on any atom is -0.323 e. The topological polar surface area (TPSA) is 59.0 Å². The van der Waals surface area contributed by atoms with E-state index in [2.05, 4.69) is 22.7 Å². The van der Waals surface area contributed by atoms with E-state index in [4.69, 9.17) is 0 Å². The molecule has 20 heavy (non-hydrogen) atoms. The maximum atomic E-state index is 12.2. The summed E-state index contributed by atoms with van der Waals surface area (Å²) in [5, 5.41) is 11.0. The van der Waals surface area contributed by atoms with Gasteiger partial charge in [0.25, 0.3) is 0 Å². The van der Waals surface area contributed by atoms with E-state index in [0.29, 0.717) is 24.4 Å². The van der Waals surface area contributed by atoms with Crippen LogP contribution in [0.5, 0.6) is 0 Å². The Kier molecular flexibility index (Phi) is 3.78. The number of aryl methyl sites for hydroxylation is 2. The maximum Gasteiger partial charge on any atom is 0.224 e. The molecule has 5 nitrogen and oxygen atoms in total. The molecule has 3 rings (SSSR count). The molecule has 2 bridgehead atoms. The molecule has 2 atom stereocenters. The van der Waals surface area contributed by atoms with Crippen LogP contribution >= 0.6 is 0 Å². The van der Waals surface area contributed by atoms with Crippen LogP contribution in [0.2, 0.25) is 0 Å². The van der Waals surface area contributed by atoms with Gasteiger partial charge in [0, 0.05) is 31.7 Å². The van der Waals surface area contributed by atoms with Gasteiger partial charge in [-0.05, 0) is 38.0 Å². The average molecular weight is 276 g/mol. The lowest BCUT2D eigenvalue weighted by atomic mass is 9.89. The van der Waals surface area contributed by atoms with Crippen LogP contribution < -0.4 is 10.6 Å². The second-order valence-electron chi connectivity index (χ2n) is 6.24. The zero-order valence-electron chi connectivity index (χ0n) is 12.4. The molecule has 0 aliphatic carbocycles. The van der Waals surface area contributed by atoms with Gasteiger partial charge >= 0.3 is 0 Å². The highest BCUT2D eigenvalue weighted by Gasteiger charge is 2.34. The van der Waals surface area contributed by atoms with Crippen LogP contribution in [-0.4, -0.2) is 27.8 Å². The average Bonchev–Trinajstić information content (AvgIpc) is 2.92. The maximum absolute atomic E-state index is 12.2. The number of amides is 1. The zero-order chi connectivity index (χ0) is 14.1. The molecule has 0 radical (unpaired) electrons. The standard InChI is InChI=1S/C15H24N4O/c1-3-13-14(9-19(2)18-13)17-15(20)8-10-6-11-4-5-12(7-10)16-11/h9-12,16H,3-8H2,1-2H3,(H,17,20). The Balaban J connectivity index is 1.57. The summed E-state index contributed by atoms with van der Waals surface area (Å²) in [4.78, 5) is 12.2. The molecule has 2 fully saturated rings. The molecular formula is C15H24N4O. The number of anilines is 1. The van der Waals surface area contributed by atoms with Gasteiger partial charge in [0.05, 0.1) is 11.4 Å². The fraction of sp³-hybridized carbons (Fsp3) is 0.733. The largest absolute Gasteiger partial charge is 0.323 e. The molecule has 5 heteroatoms. The molecule has 1 aromatic rings. The molecule has 1 amide bonds. The van der Waals surface area contributed by atoms with E-state index in [9.17, 15) is 4.79 Å². The summed E-state index contributed by atoms with van der Waals surface area (Å²) in [6, 6.07) is 1.30. The van der Waals surface area contributed by atoms with Crippen LogP contribution in [0.1, 0.15) is 44.7 Å². The second-order valence-corrected chi connectivity index (χ2v) is 6.24. The highest BCUT2D eigenvalue weighted by Crippen LogP contribution is 2.32. The Hall–Kier alpha value is -1.36. The number of nitrogens with zero attached hydrogens (tertiary/aromatic N) is 2. The molecule has 0 aromatic carbocycles. The quantitative estimate of drug-likeness (QED) is 0.882. The number of carbonyl (C=O) groups is 1. The van der Waals surface area contributed by atoms with Crippen molar-refractivity contribution in [1.29, 1.82) is 0 Å². The normalized spacial score (nSPS) is 28.6. The first kappa shape index (κ1) is 13.6.